The van der Waals surface area contributed by atoms with Crippen molar-refractivity contribution in [3.63, 3.8) is 0 Å². The van der Waals surface area contributed by atoms with E-state index in [1.807, 2.05) is 47.7 Å². The Morgan fingerprint density at radius 3 is 2.69 bits per heavy atom. The summed E-state index contributed by atoms with van der Waals surface area (Å²) in [5.74, 6) is 0.744. The van der Waals surface area contributed by atoms with E-state index in [9.17, 15) is 4.79 Å². The van der Waals surface area contributed by atoms with Crippen molar-refractivity contribution in [2.24, 2.45) is 0 Å². The molecule has 0 spiro atoms. The van der Waals surface area contributed by atoms with E-state index >= 15 is 0 Å². The lowest BCUT2D eigenvalue weighted by Gasteiger charge is -2.28. The van der Waals surface area contributed by atoms with E-state index in [-0.39, 0.29) is 12.5 Å². The summed E-state index contributed by atoms with van der Waals surface area (Å²) in [7, 11) is 1.87. The van der Waals surface area contributed by atoms with Crippen molar-refractivity contribution >= 4 is 29.5 Å². The number of amides is 1. The summed E-state index contributed by atoms with van der Waals surface area (Å²) in [4.78, 5) is 16.6. The molecule has 1 aromatic heterocycles. The number of carbonyl (C=O) groups is 1. The fourth-order valence-corrected chi connectivity index (χ4v) is 3.59. The molecule has 2 heterocycles. The Balaban J connectivity index is 1.53. The third kappa shape index (κ3) is 5.53. The molecule has 0 atom stereocenters. The minimum atomic E-state index is -0.0830. The highest BCUT2D eigenvalue weighted by Gasteiger charge is 2.13. The second-order valence-corrected chi connectivity index (χ2v) is 7.44. The number of nitrogens with one attached hydrogen (secondary N) is 1. The number of likely N-dealkylation sites (N-methyl/N-ethyl adjacent to an activating group) is 1. The summed E-state index contributed by atoms with van der Waals surface area (Å²) >= 11 is 5.46. The second kappa shape index (κ2) is 9.82. The normalized spacial score (nSPS) is 14.2. The number of hydrogen-bond acceptors (Lipinski definition) is 6. The van der Waals surface area contributed by atoms with E-state index in [0.717, 1.165) is 43.5 Å². The molecule has 0 aliphatic carbocycles. The molecule has 0 saturated carbocycles. The molecule has 0 radical (unpaired) electrons. The number of ether oxygens (including phenoxy) is 1. The van der Waals surface area contributed by atoms with Gasteiger partial charge in [-0.05, 0) is 50.5 Å². The minimum Gasteiger partial charge on any atom is -0.378 e. The van der Waals surface area contributed by atoms with Crippen LogP contribution in [0.3, 0.4) is 0 Å². The number of aryl methyl sites for hydroxylation is 1. The number of anilines is 2. The lowest BCUT2D eigenvalue weighted by atomic mass is 10.2. The summed E-state index contributed by atoms with van der Waals surface area (Å²) in [5, 5.41) is 7.40. The highest BCUT2D eigenvalue weighted by atomic mass is 32.1. The number of allylic oxidation sites excluding steroid dienone is 1. The zero-order valence-electron chi connectivity index (χ0n) is 17.0. The fourth-order valence-electron chi connectivity index (χ4n) is 3.28. The summed E-state index contributed by atoms with van der Waals surface area (Å²) < 4.78 is 9.63. The minimum absolute atomic E-state index is 0.0830. The third-order valence-electron chi connectivity index (χ3n) is 4.74. The van der Waals surface area contributed by atoms with Gasteiger partial charge in [-0.15, -0.1) is 6.58 Å². The molecule has 8 nitrogen and oxygen atoms in total. The molecule has 1 amide bonds. The Kier molecular flexibility index (Phi) is 7.18. The van der Waals surface area contributed by atoms with Crippen LogP contribution in [0.15, 0.2) is 36.9 Å². The van der Waals surface area contributed by atoms with Crippen molar-refractivity contribution in [2.75, 3.05) is 50.1 Å². The maximum atomic E-state index is 12.4. The van der Waals surface area contributed by atoms with Gasteiger partial charge in [0.2, 0.25) is 5.91 Å². The van der Waals surface area contributed by atoms with E-state index in [1.165, 1.54) is 0 Å². The number of nitrogens with zero attached hydrogens (tertiary/aromatic N) is 5. The predicted molar refractivity (Wildman–Crippen MR) is 117 cm³/mol. The highest BCUT2D eigenvalue weighted by Crippen LogP contribution is 2.19. The monoisotopic (exact) mass is 416 g/mol. The second-order valence-electron chi connectivity index (χ2n) is 7.08. The zero-order chi connectivity index (χ0) is 20.8. The standard InChI is InChI=1S/C20H28N6O2S/c1-4-9-25-16(2)22-26(20(25)29)15-23(3)14-19(27)21-17-5-7-18(8-6-17)24-10-12-28-13-11-24/h4-8H,1,9-15H2,2-3H3,(H,21,27). The van der Waals surface area contributed by atoms with E-state index in [2.05, 4.69) is 21.9 Å². The van der Waals surface area contributed by atoms with Crippen LogP contribution >= 0.6 is 12.2 Å². The van der Waals surface area contributed by atoms with Gasteiger partial charge in [0.05, 0.1) is 26.4 Å². The summed E-state index contributed by atoms with van der Waals surface area (Å²) in [6, 6.07) is 7.91. The van der Waals surface area contributed by atoms with Crippen molar-refractivity contribution in [3.05, 3.63) is 47.5 Å². The zero-order valence-corrected chi connectivity index (χ0v) is 17.8. The van der Waals surface area contributed by atoms with Gasteiger partial charge >= 0.3 is 0 Å². The summed E-state index contributed by atoms with van der Waals surface area (Å²) in [6.45, 7) is 10.2. The molecule has 1 aromatic carbocycles. The lowest BCUT2D eigenvalue weighted by Crippen LogP contribution is -2.36. The number of morpholine rings is 1. The summed E-state index contributed by atoms with van der Waals surface area (Å²) in [6.07, 6.45) is 1.79. The van der Waals surface area contributed by atoms with Crippen LogP contribution in [0.2, 0.25) is 0 Å². The van der Waals surface area contributed by atoms with Crippen molar-refractivity contribution in [1.82, 2.24) is 19.2 Å². The van der Waals surface area contributed by atoms with Gasteiger partial charge in [-0.3, -0.25) is 9.69 Å². The van der Waals surface area contributed by atoms with Crippen molar-refractivity contribution in [1.29, 1.82) is 0 Å². The first-order valence-electron chi connectivity index (χ1n) is 9.64. The molecule has 1 saturated heterocycles. The Labute approximate surface area is 176 Å². The Hall–Kier alpha value is -2.49. The van der Waals surface area contributed by atoms with Gasteiger partial charge < -0.3 is 19.5 Å². The molecule has 3 rings (SSSR count). The molecule has 1 aliphatic rings. The molecule has 0 bridgehead atoms. The molecule has 156 valence electrons. The molecule has 1 aliphatic heterocycles. The Morgan fingerprint density at radius 2 is 2.03 bits per heavy atom. The molecule has 9 heteroatoms. The fraction of sp³-hybridized carbons (Fsp3) is 0.450. The SMILES string of the molecule is C=CCn1c(C)nn(CN(C)CC(=O)Nc2ccc(N3CCOCC3)cc2)c1=S. The first-order chi connectivity index (χ1) is 14.0. The van der Waals surface area contributed by atoms with Crippen LogP contribution < -0.4 is 10.2 Å². The average molecular weight is 417 g/mol. The first-order valence-corrected chi connectivity index (χ1v) is 10.0. The Bertz CT molecular complexity index is 899. The maximum Gasteiger partial charge on any atom is 0.238 e. The van der Waals surface area contributed by atoms with Crippen LogP contribution in [0.4, 0.5) is 11.4 Å². The lowest BCUT2D eigenvalue weighted by molar-refractivity contribution is -0.117. The highest BCUT2D eigenvalue weighted by molar-refractivity contribution is 7.71. The smallest absolute Gasteiger partial charge is 0.238 e. The first kappa shape index (κ1) is 21.2. The Morgan fingerprint density at radius 1 is 1.34 bits per heavy atom. The van der Waals surface area contributed by atoms with Crippen LogP contribution in [0.1, 0.15) is 5.82 Å². The van der Waals surface area contributed by atoms with Crippen LogP contribution in [0, 0.1) is 11.7 Å². The molecule has 1 fully saturated rings. The van der Waals surface area contributed by atoms with E-state index in [1.54, 1.807) is 10.8 Å². The molecular formula is C20H28N6O2S. The van der Waals surface area contributed by atoms with Gasteiger partial charge in [0.25, 0.3) is 0 Å². The van der Waals surface area contributed by atoms with E-state index < -0.39 is 0 Å². The van der Waals surface area contributed by atoms with Crippen LogP contribution in [0.25, 0.3) is 0 Å². The molecular weight excluding hydrogens is 388 g/mol. The molecule has 0 unspecified atom stereocenters. The van der Waals surface area contributed by atoms with E-state index in [4.69, 9.17) is 17.0 Å². The summed E-state index contributed by atoms with van der Waals surface area (Å²) in [5.41, 5.74) is 1.92. The average Bonchev–Trinajstić information content (AvgIpc) is 2.96. The van der Waals surface area contributed by atoms with Gasteiger partial charge in [0, 0.05) is 31.0 Å². The van der Waals surface area contributed by atoms with Crippen molar-refractivity contribution < 1.29 is 9.53 Å². The predicted octanol–water partition coefficient (Wildman–Crippen LogP) is 2.27. The molecule has 29 heavy (non-hydrogen) atoms. The topological polar surface area (TPSA) is 67.6 Å². The van der Waals surface area contributed by atoms with Gasteiger partial charge in [0.1, 0.15) is 5.82 Å². The van der Waals surface area contributed by atoms with Crippen LogP contribution in [-0.4, -0.2) is 65.1 Å². The van der Waals surface area contributed by atoms with Crippen LogP contribution in [-0.2, 0) is 22.7 Å². The van der Waals surface area contributed by atoms with Gasteiger partial charge in [-0.1, -0.05) is 6.08 Å². The van der Waals surface area contributed by atoms with Gasteiger partial charge in [-0.25, -0.2) is 4.68 Å². The van der Waals surface area contributed by atoms with Gasteiger partial charge in [-0.2, -0.15) is 5.10 Å². The van der Waals surface area contributed by atoms with Crippen molar-refractivity contribution in [3.8, 4) is 0 Å². The number of rotatable bonds is 8. The molecule has 1 N–H and O–H groups in total. The number of benzene rings is 1. The largest absolute Gasteiger partial charge is 0.378 e. The number of aromatic nitrogens is 3. The molecule has 2 aromatic rings. The van der Waals surface area contributed by atoms with Gasteiger partial charge in [0.15, 0.2) is 4.77 Å². The van der Waals surface area contributed by atoms with Crippen molar-refractivity contribution in [2.45, 2.75) is 20.1 Å². The third-order valence-corrected chi connectivity index (χ3v) is 5.17. The number of hydrogen-bond donors (Lipinski definition) is 1. The van der Waals surface area contributed by atoms with Crippen LogP contribution in [0.5, 0.6) is 0 Å². The quantitative estimate of drug-likeness (QED) is 0.526. The maximum absolute atomic E-state index is 12.4. The van der Waals surface area contributed by atoms with E-state index in [0.29, 0.717) is 18.0 Å². The number of carbonyl (C=O) groups excluding carboxylic acids is 1.